The molecule has 0 amide bonds. The first-order chi connectivity index (χ1) is 10.7. The second-order valence-corrected chi connectivity index (χ2v) is 6.93. The maximum Gasteiger partial charge on any atom is 0.0951 e. The number of halogens is 1. The lowest BCUT2D eigenvalue weighted by molar-refractivity contribution is 0.0215. The highest BCUT2D eigenvalue weighted by Gasteiger charge is 2.23. The summed E-state index contributed by atoms with van der Waals surface area (Å²) in [6.45, 7) is 9.17. The molecule has 22 heavy (non-hydrogen) atoms. The van der Waals surface area contributed by atoms with Crippen molar-refractivity contribution >= 4 is 11.6 Å². The molecule has 6 heteroatoms. The summed E-state index contributed by atoms with van der Waals surface area (Å²) in [5.74, 6) is 0. The number of ether oxygens (including phenoxy) is 1. The third kappa shape index (κ3) is 4.22. The van der Waals surface area contributed by atoms with Crippen molar-refractivity contribution in [3.8, 4) is 0 Å². The summed E-state index contributed by atoms with van der Waals surface area (Å²) in [6, 6.07) is 0. The van der Waals surface area contributed by atoms with E-state index < -0.39 is 0 Å². The van der Waals surface area contributed by atoms with Gasteiger partial charge in [0.15, 0.2) is 0 Å². The van der Waals surface area contributed by atoms with Gasteiger partial charge in [0.2, 0.25) is 0 Å². The molecule has 2 aliphatic rings. The number of aromatic nitrogens is 2. The van der Waals surface area contributed by atoms with E-state index >= 15 is 0 Å². The lowest BCUT2D eigenvalue weighted by atomic mass is 10.1. The normalized spacial score (nSPS) is 25.3. The number of likely N-dealkylation sites (tertiary alicyclic amines) is 1. The Balaban J connectivity index is 1.56. The largest absolute Gasteiger partial charge is 0.376 e. The predicted octanol–water partition coefficient (Wildman–Crippen LogP) is 2.45. The van der Waals surface area contributed by atoms with Crippen LogP contribution in [0.15, 0.2) is 0 Å². The van der Waals surface area contributed by atoms with Crippen LogP contribution in [0.2, 0.25) is 5.02 Å². The smallest absolute Gasteiger partial charge is 0.0951 e. The van der Waals surface area contributed by atoms with Crippen molar-refractivity contribution in [2.24, 2.45) is 0 Å². The van der Waals surface area contributed by atoms with Crippen molar-refractivity contribution in [3.05, 3.63) is 16.4 Å². The molecule has 1 aromatic heterocycles. The number of rotatable bonds is 4. The topological polar surface area (TPSA) is 44.4 Å². The Morgan fingerprint density at radius 2 is 1.95 bits per heavy atom. The lowest BCUT2D eigenvalue weighted by Gasteiger charge is -2.31. The van der Waals surface area contributed by atoms with E-state index in [0.29, 0.717) is 6.10 Å². The van der Waals surface area contributed by atoms with Gasteiger partial charge in [-0.3, -0.25) is 10.00 Å². The molecule has 0 saturated carbocycles. The minimum Gasteiger partial charge on any atom is -0.376 e. The Hall–Kier alpha value is -0.620. The van der Waals surface area contributed by atoms with Crippen LogP contribution in [0, 0.1) is 6.92 Å². The van der Waals surface area contributed by atoms with Crippen LogP contribution >= 0.6 is 11.6 Å². The molecule has 0 bridgehead atoms. The first kappa shape index (κ1) is 16.2. The van der Waals surface area contributed by atoms with Crippen LogP contribution in [0.3, 0.4) is 0 Å². The maximum absolute atomic E-state index is 6.30. The molecular formula is C16H27ClN4O. The van der Waals surface area contributed by atoms with Gasteiger partial charge in [-0.15, -0.1) is 0 Å². The van der Waals surface area contributed by atoms with E-state index in [2.05, 4.69) is 20.0 Å². The van der Waals surface area contributed by atoms with Crippen molar-refractivity contribution in [2.45, 2.75) is 45.3 Å². The van der Waals surface area contributed by atoms with E-state index in [9.17, 15) is 0 Å². The number of H-pyrrole nitrogens is 1. The monoisotopic (exact) mass is 326 g/mol. The minimum atomic E-state index is 0.305. The molecule has 2 aliphatic heterocycles. The predicted molar refractivity (Wildman–Crippen MR) is 88.3 cm³/mol. The molecule has 5 nitrogen and oxygen atoms in total. The molecule has 2 saturated heterocycles. The Morgan fingerprint density at radius 3 is 2.68 bits per heavy atom. The van der Waals surface area contributed by atoms with Crippen molar-refractivity contribution in [3.63, 3.8) is 0 Å². The van der Waals surface area contributed by atoms with Crippen LogP contribution in [-0.2, 0) is 11.3 Å². The van der Waals surface area contributed by atoms with Gasteiger partial charge in [0.1, 0.15) is 0 Å². The van der Waals surface area contributed by atoms with E-state index in [1.54, 1.807) is 0 Å². The van der Waals surface area contributed by atoms with Crippen LogP contribution < -0.4 is 0 Å². The number of aryl methyl sites for hydroxylation is 1. The van der Waals surface area contributed by atoms with Gasteiger partial charge >= 0.3 is 0 Å². The second-order valence-electron chi connectivity index (χ2n) is 6.55. The van der Waals surface area contributed by atoms with Crippen molar-refractivity contribution in [1.82, 2.24) is 20.0 Å². The summed E-state index contributed by atoms with van der Waals surface area (Å²) in [5, 5.41) is 8.08. The van der Waals surface area contributed by atoms with E-state index in [1.807, 2.05) is 6.92 Å². The quantitative estimate of drug-likeness (QED) is 0.923. The number of nitrogens with zero attached hydrogens (tertiary/aromatic N) is 3. The van der Waals surface area contributed by atoms with Gasteiger partial charge in [0, 0.05) is 32.8 Å². The molecule has 0 spiro atoms. The number of aromatic amines is 1. The summed E-state index contributed by atoms with van der Waals surface area (Å²) < 4.78 is 6.06. The fraction of sp³-hybridized carbons (Fsp3) is 0.812. The van der Waals surface area contributed by atoms with Crippen LogP contribution in [0.4, 0.5) is 0 Å². The standard InChI is InChI=1S/C16H27ClN4O/c1-13-16(17)15(19-18-13)12-21-8-5-9-22-14(11-21)10-20-6-3-2-4-7-20/h14H,2-12H2,1H3,(H,18,19)/t14-/m0/s1. The number of nitrogens with one attached hydrogen (secondary N) is 1. The maximum atomic E-state index is 6.30. The van der Waals surface area contributed by atoms with Crippen molar-refractivity contribution in [2.75, 3.05) is 39.3 Å². The lowest BCUT2D eigenvalue weighted by Crippen LogP contribution is -2.42. The van der Waals surface area contributed by atoms with E-state index in [1.165, 1.54) is 32.4 Å². The van der Waals surface area contributed by atoms with Gasteiger partial charge < -0.3 is 9.64 Å². The fourth-order valence-corrected chi connectivity index (χ4v) is 3.58. The number of hydrogen-bond donors (Lipinski definition) is 1. The third-order valence-corrected chi connectivity index (χ3v) is 5.16. The average molecular weight is 327 g/mol. The summed E-state index contributed by atoms with van der Waals surface area (Å²) >= 11 is 6.30. The van der Waals surface area contributed by atoms with Gasteiger partial charge in [0.05, 0.1) is 22.5 Å². The Bertz CT molecular complexity index is 473. The molecule has 0 aliphatic carbocycles. The molecule has 1 N–H and O–H groups in total. The molecule has 3 rings (SSSR count). The first-order valence-corrected chi connectivity index (χ1v) is 8.86. The highest BCUT2D eigenvalue weighted by atomic mass is 35.5. The summed E-state index contributed by atoms with van der Waals surface area (Å²) in [5.41, 5.74) is 1.91. The molecule has 3 heterocycles. The highest BCUT2D eigenvalue weighted by Crippen LogP contribution is 2.20. The van der Waals surface area contributed by atoms with E-state index in [0.717, 1.165) is 55.6 Å². The van der Waals surface area contributed by atoms with E-state index in [4.69, 9.17) is 16.3 Å². The highest BCUT2D eigenvalue weighted by molar-refractivity contribution is 6.31. The Morgan fingerprint density at radius 1 is 1.18 bits per heavy atom. The molecule has 0 unspecified atom stereocenters. The second kappa shape index (κ2) is 7.77. The van der Waals surface area contributed by atoms with Gasteiger partial charge in [-0.05, 0) is 39.3 Å². The number of hydrogen-bond acceptors (Lipinski definition) is 4. The summed E-state index contributed by atoms with van der Waals surface area (Å²) in [7, 11) is 0. The summed E-state index contributed by atoms with van der Waals surface area (Å²) in [4.78, 5) is 4.99. The molecule has 0 radical (unpaired) electrons. The van der Waals surface area contributed by atoms with Gasteiger partial charge in [-0.1, -0.05) is 18.0 Å². The molecule has 124 valence electrons. The third-order valence-electron chi connectivity index (χ3n) is 4.66. The zero-order chi connectivity index (χ0) is 15.4. The minimum absolute atomic E-state index is 0.305. The van der Waals surface area contributed by atoms with Crippen LogP contribution in [-0.4, -0.2) is 65.4 Å². The van der Waals surface area contributed by atoms with Gasteiger partial charge in [-0.2, -0.15) is 5.10 Å². The van der Waals surface area contributed by atoms with Crippen LogP contribution in [0.5, 0.6) is 0 Å². The van der Waals surface area contributed by atoms with Gasteiger partial charge in [-0.25, -0.2) is 0 Å². The fourth-order valence-electron chi connectivity index (χ4n) is 3.44. The van der Waals surface area contributed by atoms with Crippen molar-refractivity contribution < 1.29 is 4.74 Å². The van der Waals surface area contributed by atoms with Crippen molar-refractivity contribution in [1.29, 1.82) is 0 Å². The zero-order valence-electron chi connectivity index (χ0n) is 13.5. The zero-order valence-corrected chi connectivity index (χ0v) is 14.2. The summed E-state index contributed by atoms with van der Waals surface area (Å²) in [6.07, 6.45) is 5.43. The Labute approximate surface area is 137 Å². The Kier molecular flexibility index (Phi) is 5.74. The SMILES string of the molecule is Cc1[nH]nc(CN2CCCO[C@@H](CN3CCCCC3)C2)c1Cl. The van der Waals surface area contributed by atoms with Gasteiger partial charge in [0.25, 0.3) is 0 Å². The molecule has 2 fully saturated rings. The van der Waals surface area contributed by atoms with E-state index in [-0.39, 0.29) is 0 Å². The van der Waals surface area contributed by atoms with Crippen LogP contribution in [0.25, 0.3) is 0 Å². The molecule has 0 aromatic carbocycles. The molecule has 1 aromatic rings. The molecular weight excluding hydrogens is 300 g/mol. The molecule has 1 atom stereocenters. The average Bonchev–Trinajstić information content (AvgIpc) is 2.73. The number of piperidine rings is 1. The first-order valence-electron chi connectivity index (χ1n) is 8.48. The van der Waals surface area contributed by atoms with Crippen LogP contribution in [0.1, 0.15) is 37.1 Å².